The van der Waals surface area contributed by atoms with E-state index in [0.717, 1.165) is 6.42 Å². The SMILES string of the molecule is CCC1CC1(NC(=O)OC(C)(C)C)C(O)C#N. The molecular formula is C12H20N2O3. The third-order valence-corrected chi connectivity index (χ3v) is 2.99. The summed E-state index contributed by atoms with van der Waals surface area (Å²) >= 11 is 0. The lowest BCUT2D eigenvalue weighted by Crippen LogP contribution is -2.48. The maximum atomic E-state index is 11.6. The fourth-order valence-corrected chi connectivity index (χ4v) is 2.02. The molecule has 96 valence electrons. The van der Waals surface area contributed by atoms with Gasteiger partial charge in [0.25, 0.3) is 0 Å². The van der Waals surface area contributed by atoms with Gasteiger partial charge < -0.3 is 15.2 Å². The zero-order valence-corrected chi connectivity index (χ0v) is 10.8. The van der Waals surface area contributed by atoms with E-state index in [0.29, 0.717) is 6.42 Å². The zero-order valence-electron chi connectivity index (χ0n) is 10.8. The number of nitrogens with one attached hydrogen (secondary N) is 1. The number of nitriles is 1. The molecule has 1 rings (SSSR count). The quantitative estimate of drug-likeness (QED) is 0.733. The molecule has 0 saturated heterocycles. The van der Waals surface area contributed by atoms with E-state index >= 15 is 0 Å². The molecule has 0 aromatic heterocycles. The molecule has 0 bridgehead atoms. The van der Waals surface area contributed by atoms with Gasteiger partial charge in [-0.3, -0.25) is 0 Å². The van der Waals surface area contributed by atoms with Gasteiger partial charge in [0.1, 0.15) is 5.60 Å². The van der Waals surface area contributed by atoms with Gasteiger partial charge in [-0.05, 0) is 33.1 Å². The van der Waals surface area contributed by atoms with Gasteiger partial charge in [0.2, 0.25) is 0 Å². The van der Waals surface area contributed by atoms with Crippen LogP contribution in [0.4, 0.5) is 4.79 Å². The molecule has 1 amide bonds. The van der Waals surface area contributed by atoms with Gasteiger partial charge >= 0.3 is 6.09 Å². The topological polar surface area (TPSA) is 82.3 Å². The highest BCUT2D eigenvalue weighted by Gasteiger charge is 2.59. The van der Waals surface area contributed by atoms with Crippen LogP contribution in [0, 0.1) is 17.2 Å². The summed E-state index contributed by atoms with van der Waals surface area (Å²) in [5.41, 5.74) is -1.40. The molecule has 0 spiro atoms. The molecule has 0 heterocycles. The van der Waals surface area contributed by atoms with Crippen molar-refractivity contribution in [2.24, 2.45) is 5.92 Å². The highest BCUT2D eigenvalue weighted by Crippen LogP contribution is 2.48. The minimum absolute atomic E-state index is 0.143. The number of rotatable bonds is 3. The molecule has 0 radical (unpaired) electrons. The molecule has 5 nitrogen and oxygen atoms in total. The Morgan fingerprint density at radius 1 is 1.71 bits per heavy atom. The number of ether oxygens (including phenoxy) is 1. The van der Waals surface area contributed by atoms with Crippen molar-refractivity contribution in [2.45, 2.75) is 57.8 Å². The van der Waals surface area contributed by atoms with Crippen molar-refractivity contribution in [3.63, 3.8) is 0 Å². The van der Waals surface area contributed by atoms with Crippen molar-refractivity contribution in [1.82, 2.24) is 5.32 Å². The van der Waals surface area contributed by atoms with Crippen LogP contribution in [0.2, 0.25) is 0 Å². The van der Waals surface area contributed by atoms with Gasteiger partial charge in [-0.25, -0.2) is 4.79 Å². The van der Waals surface area contributed by atoms with Gasteiger partial charge in [0.05, 0.1) is 11.6 Å². The summed E-state index contributed by atoms with van der Waals surface area (Å²) in [4.78, 5) is 11.6. The van der Waals surface area contributed by atoms with Gasteiger partial charge in [0.15, 0.2) is 6.10 Å². The monoisotopic (exact) mass is 240 g/mol. The lowest BCUT2D eigenvalue weighted by molar-refractivity contribution is 0.0427. The zero-order chi connectivity index (χ0) is 13.3. The number of amides is 1. The molecule has 0 aromatic carbocycles. The summed E-state index contributed by atoms with van der Waals surface area (Å²) in [7, 11) is 0. The van der Waals surface area contributed by atoms with E-state index < -0.39 is 23.3 Å². The maximum Gasteiger partial charge on any atom is 0.408 e. The highest BCUT2D eigenvalue weighted by molar-refractivity contribution is 5.70. The molecule has 0 aliphatic heterocycles. The van der Waals surface area contributed by atoms with Gasteiger partial charge in [-0.1, -0.05) is 13.3 Å². The van der Waals surface area contributed by atoms with Crippen molar-refractivity contribution in [2.75, 3.05) is 0 Å². The maximum absolute atomic E-state index is 11.6. The van der Waals surface area contributed by atoms with E-state index in [4.69, 9.17) is 10.00 Å². The van der Waals surface area contributed by atoms with Crippen LogP contribution in [0.5, 0.6) is 0 Å². The minimum atomic E-state index is -1.18. The molecule has 1 aliphatic carbocycles. The third-order valence-electron chi connectivity index (χ3n) is 2.99. The predicted molar refractivity (Wildman–Crippen MR) is 62.1 cm³/mol. The van der Waals surface area contributed by atoms with Gasteiger partial charge in [-0.2, -0.15) is 5.26 Å². The van der Waals surface area contributed by atoms with E-state index in [1.54, 1.807) is 26.8 Å². The Kier molecular flexibility index (Phi) is 3.68. The number of hydrogen-bond donors (Lipinski definition) is 2. The molecule has 3 unspecified atom stereocenters. The van der Waals surface area contributed by atoms with Crippen LogP contribution in [0.1, 0.15) is 40.5 Å². The second kappa shape index (κ2) is 4.53. The van der Waals surface area contributed by atoms with Crippen LogP contribution in [0.3, 0.4) is 0 Å². The molecule has 17 heavy (non-hydrogen) atoms. The van der Waals surface area contributed by atoms with Crippen LogP contribution < -0.4 is 5.32 Å². The number of carbonyl (C=O) groups excluding carboxylic acids is 1. The summed E-state index contributed by atoms with van der Waals surface area (Å²) in [6.07, 6.45) is -0.325. The third kappa shape index (κ3) is 3.10. The van der Waals surface area contributed by atoms with E-state index in [1.165, 1.54) is 0 Å². The first-order valence-electron chi connectivity index (χ1n) is 5.84. The van der Waals surface area contributed by atoms with Crippen LogP contribution in [0.25, 0.3) is 0 Å². The number of nitrogens with zero attached hydrogens (tertiary/aromatic N) is 1. The Morgan fingerprint density at radius 3 is 2.65 bits per heavy atom. The molecular weight excluding hydrogens is 220 g/mol. The van der Waals surface area contributed by atoms with E-state index in [-0.39, 0.29) is 5.92 Å². The van der Waals surface area contributed by atoms with Crippen LogP contribution in [-0.4, -0.2) is 28.4 Å². The Hall–Kier alpha value is -1.28. The number of alkyl carbamates (subject to hydrolysis) is 1. The highest BCUT2D eigenvalue weighted by atomic mass is 16.6. The average molecular weight is 240 g/mol. The Bertz CT molecular complexity index is 343. The summed E-state index contributed by atoms with van der Waals surface area (Å²) in [6, 6.07) is 1.79. The van der Waals surface area contributed by atoms with Crippen molar-refractivity contribution in [3.05, 3.63) is 0 Å². The molecule has 1 saturated carbocycles. The second-order valence-corrected chi connectivity index (χ2v) is 5.51. The average Bonchev–Trinajstić information content (AvgIpc) is 2.88. The van der Waals surface area contributed by atoms with E-state index in [1.807, 2.05) is 6.92 Å². The Balaban J connectivity index is 2.65. The smallest absolute Gasteiger partial charge is 0.408 e. The lowest BCUT2D eigenvalue weighted by Gasteiger charge is -2.25. The standard InChI is InChI=1S/C12H20N2O3/c1-5-8-6-12(8,9(15)7-13)14-10(16)17-11(2,3)4/h8-9,15H,5-6H2,1-4H3,(H,14,16). The number of carbonyl (C=O) groups is 1. The minimum Gasteiger partial charge on any atom is -0.444 e. The number of aliphatic hydroxyl groups is 1. The number of aliphatic hydroxyl groups excluding tert-OH is 1. The molecule has 1 fully saturated rings. The van der Waals surface area contributed by atoms with Crippen LogP contribution in [0.15, 0.2) is 0 Å². The Labute approximate surface area is 102 Å². The van der Waals surface area contributed by atoms with Crippen molar-refractivity contribution >= 4 is 6.09 Å². The van der Waals surface area contributed by atoms with Crippen LogP contribution in [-0.2, 0) is 4.74 Å². The number of hydrogen-bond acceptors (Lipinski definition) is 4. The molecule has 5 heteroatoms. The first kappa shape index (κ1) is 13.8. The normalized spacial score (nSPS) is 29.1. The molecule has 2 N–H and O–H groups in total. The van der Waals surface area contributed by atoms with Crippen molar-refractivity contribution in [1.29, 1.82) is 5.26 Å². The molecule has 1 aliphatic rings. The fourth-order valence-electron chi connectivity index (χ4n) is 2.02. The van der Waals surface area contributed by atoms with E-state index in [9.17, 15) is 9.90 Å². The van der Waals surface area contributed by atoms with Crippen molar-refractivity contribution in [3.8, 4) is 6.07 Å². The predicted octanol–water partition coefficient (Wildman–Crippen LogP) is 1.56. The van der Waals surface area contributed by atoms with Gasteiger partial charge in [0, 0.05) is 0 Å². The molecule has 3 atom stereocenters. The van der Waals surface area contributed by atoms with Gasteiger partial charge in [-0.15, -0.1) is 0 Å². The largest absolute Gasteiger partial charge is 0.444 e. The van der Waals surface area contributed by atoms with E-state index in [2.05, 4.69) is 5.32 Å². The lowest BCUT2D eigenvalue weighted by atomic mass is 10.1. The second-order valence-electron chi connectivity index (χ2n) is 5.51. The summed E-state index contributed by atoms with van der Waals surface area (Å²) < 4.78 is 5.13. The Morgan fingerprint density at radius 2 is 2.29 bits per heavy atom. The first-order valence-corrected chi connectivity index (χ1v) is 5.84. The van der Waals surface area contributed by atoms with Crippen molar-refractivity contribution < 1.29 is 14.6 Å². The first-order chi connectivity index (χ1) is 7.75. The summed E-state index contributed by atoms with van der Waals surface area (Å²) in [6.45, 7) is 7.27. The van der Waals surface area contributed by atoms with Crippen LogP contribution >= 0.6 is 0 Å². The molecule has 0 aromatic rings. The fraction of sp³-hybridized carbons (Fsp3) is 0.833. The summed E-state index contributed by atoms with van der Waals surface area (Å²) in [5, 5.41) is 21.1. The summed E-state index contributed by atoms with van der Waals surface area (Å²) in [5.74, 6) is 0.143.